The number of hydrogen-bond donors (Lipinski definition) is 2. The van der Waals surface area contributed by atoms with Crippen molar-refractivity contribution >= 4 is 18.4 Å². The van der Waals surface area contributed by atoms with Crippen molar-refractivity contribution in [2.24, 2.45) is 0 Å². The Morgan fingerprint density at radius 1 is 1.53 bits per heavy atom. The molecule has 0 aromatic heterocycles. The van der Waals surface area contributed by atoms with Crippen LogP contribution in [-0.2, 0) is 17.8 Å². The van der Waals surface area contributed by atoms with Gasteiger partial charge in [-0.2, -0.15) is 0 Å². The molecule has 3 nitrogen and oxygen atoms in total. The summed E-state index contributed by atoms with van der Waals surface area (Å²) >= 11 is 0. The molecule has 0 amide bonds. The Morgan fingerprint density at radius 2 is 2.27 bits per heavy atom. The van der Waals surface area contributed by atoms with Crippen LogP contribution in [0.5, 0.6) is 0 Å². The maximum absolute atomic E-state index is 10.8. The summed E-state index contributed by atoms with van der Waals surface area (Å²) in [5.41, 5.74) is 3.61. The second kappa shape index (κ2) is 4.64. The molecular formula is C11H14ClNO2. The second-order valence-electron chi connectivity index (χ2n) is 3.69. The molecule has 2 N–H and O–H groups in total. The number of fused-ring (bicyclic) bond motifs is 1. The summed E-state index contributed by atoms with van der Waals surface area (Å²) in [6.07, 6.45) is 0.595. The summed E-state index contributed by atoms with van der Waals surface area (Å²) < 4.78 is 0. The van der Waals surface area contributed by atoms with Gasteiger partial charge in [-0.3, -0.25) is 4.79 Å². The Balaban J connectivity index is 0.00000112. The minimum atomic E-state index is -0.765. The quantitative estimate of drug-likeness (QED) is 0.765. The first-order valence-electron chi connectivity index (χ1n) is 4.72. The average Bonchev–Trinajstić information content (AvgIpc) is 2.18. The van der Waals surface area contributed by atoms with E-state index in [9.17, 15) is 4.79 Å². The number of benzene rings is 1. The molecule has 0 saturated carbocycles. The van der Waals surface area contributed by atoms with Gasteiger partial charge in [-0.15, -0.1) is 12.4 Å². The molecule has 1 heterocycles. The standard InChI is InChI=1S/C11H13NO2.ClH/c1-7-3-2-4-8-6-12-10(11(13)14)5-9(7)8;/h2-4,10,12H,5-6H2,1H3,(H,13,14);1H/t10-;/m0./s1. The zero-order valence-corrected chi connectivity index (χ0v) is 9.30. The molecule has 15 heavy (non-hydrogen) atoms. The van der Waals surface area contributed by atoms with E-state index in [-0.39, 0.29) is 12.4 Å². The third-order valence-corrected chi connectivity index (χ3v) is 2.75. The highest BCUT2D eigenvalue weighted by Crippen LogP contribution is 2.20. The molecule has 82 valence electrons. The summed E-state index contributed by atoms with van der Waals surface area (Å²) in [6.45, 7) is 2.69. The fourth-order valence-electron chi connectivity index (χ4n) is 1.90. The van der Waals surface area contributed by atoms with Crippen LogP contribution in [0.3, 0.4) is 0 Å². The lowest BCUT2D eigenvalue weighted by molar-refractivity contribution is -0.139. The smallest absolute Gasteiger partial charge is 0.321 e. The van der Waals surface area contributed by atoms with Gasteiger partial charge in [0.1, 0.15) is 6.04 Å². The normalized spacial score (nSPS) is 18.9. The number of rotatable bonds is 1. The number of hydrogen-bond acceptors (Lipinski definition) is 2. The SMILES string of the molecule is Cc1cccc2c1C[C@@H](C(=O)O)NC2.Cl. The van der Waals surface area contributed by atoms with E-state index < -0.39 is 12.0 Å². The Bertz CT molecular complexity index is 379. The first kappa shape index (κ1) is 12.0. The molecule has 0 aliphatic carbocycles. The minimum Gasteiger partial charge on any atom is -0.480 e. The van der Waals surface area contributed by atoms with Crippen LogP contribution in [0.1, 0.15) is 16.7 Å². The average molecular weight is 228 g/mol. The maximum atomic E-state index is 10.8. The molecule has 0 saturated heterocycles. The fraction of sp³-hybridized carbons (Fsp3) is 0.364. The van der Waals surface area contributed by atoms with Gasteiger partial charge in [0, 0.05) is 6.54 Å². The topological polar surface area (TPSA) is 49.3 Å². The molecule has 1 aliphatic heterocycles. The molecule has 1 atom stereocenters. The molecule has 1 aromatic rings. The van der Waals surface area contributed by atoms with E-state index in [0.29, 0.717) is 13.0 Å². The summed E-state index contributed by atoms with van der Waals surface area (Å²) in [5, 5.41) is 11.9. The number of carbonyl (C=O) groups is 1. The van der Waals surface area contributed by atoms with Crippen molar-refractivity contribution in [2.75, 3.05) is 0 Å². The van der Waals surface area contributed by atoms with E-state index in [1.807, 2.05) is 25.1 Å². The van der Waals surface area contributed by atoms with Crippen LogP contribution in [0.15, 0.2) is 18.2 Å². The van der Waals surface area contributed by atoms with Crippen molar-refractivity contribution < 1.29 is 9.90 Å². The van der Waals surface area contributed by atoms with E-state index in [1.54, 1.807) is 0 Å². The van der Waals surface area contributed by atoms with Crippen LogP contribution in [0.2, 0.25) is 0 Å². The number of aliphatic carboxylic acids is 1. The van der Waals surface area contributed by atoms with Crippen molar-refractivity contribution in [2.45, 2.75) is 25.9 Å². The van der Waals surface area contributed by atoms with Crippen molar-refractivity contribution in [3.8, 4) is 0 Å². The molecular weight excluding hydrogens is 214 g/mol. The van der Waals surface area contributed by atoms with Gasteiger partial charge in [-0.1, -0.05) is 18.2 Å². The molecule has 0 bridgehead atoms. The van der Waals surface area contributed by atoms with E-state index in [0.717, 1.165) is 0 Å². The zero-order valence-electron chi connectivity index (χ0n) is 8.49. The van der Waals surface area contributed by atoms with Gasteiger partial charge in [0.25, 0.3) is 0 Å². The Kier molecular flexibility index (Phi) is 3.72. The van der Waals surface area contributed by atoms with Crippen LogP contribution < -0.4 is 5.32 Å². The van der Waals surface area contributed by atoms with Gasteiger partial charge in [0.15, 0.2) is 0 Å². The molecule has 0 unspecified atom stereocenters. The van der Waals surface area contributed by atoms with Crippen LogP contribution in [-0.4, -0.2) is 17.1 Å². The number of nitrogens with one attached hydrogen (secondary N) is 1. The maximum Gasteiger partial charge on any atom is 0.321 e. The lowest BCUT2D eigenvalue weighted by Gasteiger charge is -2.24. The molecule has 0 spiro atoms. The monoisotopic (exact) mass is 227 g/mol. The van der Waals surface area contributed by atoms with E-state index in [4.69, 9.17) is 5.11 Å². The molecule has 0 fully saturated rings. The predicted octanol–water partition coefficient (Wildman–Crippen LogP) is 1.52. The molecule has 0 radical (unpaired) electrons. The highest BCUT2D eigenvalue weighted by Gasteiger charge is 2.23. The number of carboxylic acid groups (broad SMARTS) is 1. The van der Waals surface area contributed by atoms with Crippen LogP contribution >= 0.6 is 12.4 Å². The summed E-state index contributed by atoms with van der Waals surface area (Å²) in [4.78, 5) is 10.8. The van der Waals surface area contributed by atoms with E-state index >= 15 is 0 Å². The highest BCUT2D eigenvalue weighted by atomic mass is 35.5. The van der Waals surface area contributed by atoms with Gasteiger partial charge in [-0.25, -0.2) is 0 Å². The zero-order chi connectivity index (χ0) is 10.1. The van der Waals surface area contributed by atoms with E-state index in [2.05, 4.69) is 5.32 Å². The minimum absolute atomic E-state index is 0. The van der Waals surface area contributed by atoms with Gasteiger partial charge in [0.2, 0.25) is 0 Å². The third-order valence-electron chi connectivity index (χ3n) is 2.75. The lowest BCUT2D eigenvalue weighted by Crippen LogP contribution is -2.41. The largest absolute Gasteiger partial charge is 0.480 e. The number of aryl methyl sites for hydroxylation is 1. The number of carboxylic acids is 1. The van der Waals surface area contributed by atoms with Crippen LogP contribution in [0.4, 0.5) is 0 Å². The van der Waals surface area contributed by atoms with Gasteiger partial charge in [0.05, 0.1) is 0 Å². The number of halogens is 1. The summed E-state index contributed by atoms with van der Waals surface area (Å²) in [5.74, 6) is -0.765. The first-order chi connectivity index (χ1) is 6.68. The van der Waals surface area contributed by atoms with Crippen molar-refractivity contribution in [1.82, 2.24) is 5.32 Å². The molecule has 4 heteroatoms. The second-order valence-corrected chi connectivity index (χ2v) is 3.69. The Hall–Kier alpha value is -1.06. The van der Waals surface area contributed by atoms with Crippen molar-refractivity contribution in [3.63, 3.8) is 0 Å². The van der Waals surface area contributed by atoms with Crippen LogP contribution in [0.25, 0.3) is 0 Å². The molecule has 1 aliphatic rings. The van der Waals surface area contributed by atoms with Gasteiger partial charge < -0.3 is 10.4 Å². The fourth-order valence-corrected chi connectivity index (χ4v) is 1.90. The Labute approximate surface area is 94.9 Å². The summed E-state index contributed by atoms with van der Waals surface area (Å²) in [7, 11) is 0. The Morgan fingerprint density at radius 3 is 2.93 bits per heavy atom. The molecule has 1 aromatic carbocycles. The predicted molar refractivity (Wildman–Crippen MR) is 60.4 cm³/mol. The van der Waals surface area contributed by atoms with Gasteiger partial charge in [-0.05, 0) is 30.0 Å². The molecule has 2 rings (SSSR count). The third kappa shape index (κ3) is 2.30. The lowest BCUT2D eigenvalue weighted by atomic mass is 9.92. The van der Waals surface area contributed by atoms with Crippen molar-refractivity contribution in [3.05, 3.63) is 34.9 Å². The van der Waals surface area contributed by atoms with Crippen molar-refractivity contribution in [1.29, 1.82) is 0 Å². The van der Waals surface area contributed by atoms with Crippen LogP contribution in [0, 0.1) is 6.92 Å². The first-order valence-corrected chi connectivity index (χ1v) is 4.72. The summed E-state index contributed by atoms with van der Waals surface area (Å²) in [6, 6.07) is 5.66. The highest BCUT2D eigenvalue weighted by molar-refractivity contribution is 5.85. The van der Waals surface area contributed by atoms with E-state index in [1.165, 1.54) is 16.7 Å². The van der Waals surface area contributed by atoms with Gasteiger partial charge >= 0.3 is 5.97 Å².